The Morgan fingerprint density at radius 1 is 0.938 bits per heavy atom. The highest BCUT2D eigenvalue weighted by Crippen LogP contribution is 2.49. The molecule has 3 atom stereocenters. The number of rotatable bonds is 3. The first-order valence-electron chi connectivity index (χ1n) is 10.3. The summed E-state index contributed by atoms with van der Waals surface area (Å²) in [6, 6.07) is 18.0. The van der Waals surface area contributed by atoms with Crippen LogP contribution in [0, 0.1) is 25.6 Å². The van der Waals surface area contributed by atoms with Crippen molar-refractivity contribution < 1.29 is 18.8 Å². The van der Waals surface area contributed by atoms with E-state index < -0.39 is 35.7 Å². The number of benzene rings is 3. The van der Waals surface area contributed by atoms with Gasteiger partial charge in [0.2, 0.25) is 5.91 Å². The fourth-order valence-corrected chi connectivity index (χ4v) is 4.87. The number of anilines is 2. The van der Waals surface area contributed by atoms with Gasteiger partial charge >= 0.3 is 0 Å². The second-order valence-corrected chi connectivity index (χ2v) is 8.50. The van der Waals surface area contributed by atoms with Crippen LogP contribution < -0.4 is 9.96 Å². The molecule has 2 aliphatic rings. The lowest BCUT2D eigenvalue weighted by molar-refractivity contribution is -0.126. The second-order valence-electron chi connectivity index (χ2n) is 8.10. The van der Waals surface area contributed by atoms with Gasteiger partial charge in [-0.1, -0.05) is 53.6 Å². The second kappa shape index (κ2) is 7.73. The fourth-order valence-electron chi connectivity index (χ4n) is 4.59. The van der Waals surface area contributed by atoms with E-state index in [0.717, 1.165) is 16.0 Å². The summed E-state index contributed by atoms with van der Waals surface area (Å²) in [7, 11) is 0. The van der Waals surface area contributed by atoms with Crippen molar-refractivity contribution in [3.05, 3.63) is 94.3 Å². The van der Waals surface area contributed by atoms with Crippen molar-refractivity contribution in [2.45, 2.75) is 26.0 Å². The zero-order valence-electron chi connectivity index (χ0n) is 17.5. The van der Waals surface area contributed by atoms with Gasteiger partial charge in [-0.25, -0.2) is 14.4 Å². The quantitative estimate of drug-likeness (QED) is 0.518. The molecule has 5 nitrogen and oxygen atoms in total. The summed E-state index contributed by atoms with van der Waals surface area (Å²) in [6.45, 7) is 3.79. The number of imide groups is 1. The molecule has 0 bridgehead atoms. The Morgan fingerprint density at radius 3 is 2.38 bits per heavy atom. The molecule has 2 heterocycles. The smallest absolute Gasteiger partial charge is 0.266 e. The molecule has 7 heteroatoms. The summed E-state index contributed by atoms with van der Waals surface area (Å²) in [4.78, 5) is 34.2. The van der Waals surface area contributed by atoms with Crippen LogP contribution in [0.1, 0.15) is 22.7 Å². The third-order valence-electron chi connectivity index (χ3n) is 6.01. The maximum atomic E-state index is 15.0. The van der Waals surface area contributed by atoms with E-state index in [4.69, 9.17) is 16.4 Å². The van der Waals surface area contributed by atoms with Gasteiger partial charge in [0.05, 0.1) is 11.4 Å². The minimum Gasteiger partial charge on any atom is -0.273 e. The SMILES string of the molecule is Cc1ccc(N2C(=O)[C@@H]3[C@@H](c4c(F)cccc4Cl)N(c4ccccc4)O[C@H]3C2=O)c(C)c1. The zero-order valence-corrected chi connectivity index (χ0v) is 18.2. The molecule has 0 saturated carbocycles. The van der Waals surface area contributed by atoms with Gasteiger partial charge in [-0.3, -0.25) is 14.4 Å². The minimum atomic E-state index is -1.08. The lowest BCUT2D eigenvalue weighted by atomic mass is 9.90. The van der Waals surface area contributed by atoms with Crippen molar-refractivity contribution in [3.63, 3.8) is 0 Å². The van der Waals surface area contributed by atoms with Gasteiger partial charge in [0.1, 0.15) is 17.8 Å². The number of amides is 2. The van der Waals surface area contributed by atoms with E-state index in [2.05, 4.69) is 0 Å². The van der Waals surface area contributed by atoms with Crippen LogP contribution in [0.3, 0.4) is 0 Å². The van der Waals surface area contributed by atoms with Gasteiger partial charge in [0, 0.05) is 10.6 Å². The monoisotopic (exact) mass is 450 g/mol. The van der Waals surface area contributed by atoms with Crippen molar-refractivity contribution in [2.75, 3.05) is 9.96 Å². The Balaban J connectivity index is 1.64. The summed E-state index contributed by atoms with van der Waals surface area (Å²) < 4.78 is 15.0. The lowest BCUT2D eigenvalue weighted by Gasteiger charge is -2.29. The molecule has 2 saturated heterocycles. The molecule has 3 aromatic rings. The van der Waals surface area contributed by atoms with E-state index in [0.29, 0.717) is 11.4 Å². The van der Waals surface area contributed by atoms with Crippen LogP contribution in [0.5, 0.6) is 0 Å². The molecule has 162 valence electrons. The van der Waals surface area contributed by atoms with Crippen LogP contribution in [0.25, 0.3) is 0 Å². The Kier molecular flexibility index (Phi) is 4.99. The van der Waals surface area contributed by atoms with Crippen LogP contribution in [0.2, 0.25) is 5.02 Å². The molecule has 0 aromatic heterocycles. The van der Waals surface area contributed by atoms with E-state index in [-0.39, 0.29) is 10.6 Å². The zero-order chi connectivity index (χ0) is 22.6. The molecule has 2 aliphatic heterocycles. The molecule has 3 aromatic carbocycles. The van der Waals surface area contributed by atoms with Crippen molar-refractivity contribution in [3.8, 4) is 0 Å². The van der Waals surface area contributed by atoms with Crippen molar-refractivity contribution in [2.24, 2.45) is 5.92 Å². The maximum Gasteiger partial charge on any atom is 0.266 e. The maximum absolute atomic E-state index is 15.0. The Labute approximate surface area is 189 Å². The lowest BCUT2D eigenvalue weighted by Crippen LogP contribution is -2.38. The number of halogens is 2. The van der Waals surface area contributed by atoms with Crippen LogP contribution >= 0.6 is 11.6 Å². The first-order valence-corrected chi connectivity index (χ1v) is 10.7. The first-order chi connectivity index (χ1) is 15.4. The average molecular weight is 451 g/mol. The number of nitrogens with zero attached hydrogens (tertiary/aromatic N) is 2. The topological polar surface area (TPSA) is 49.9 Å². The van der Waals surface area contributed by atoms with Crippen LogP contribution in [0.15, 0.2) is 66.7 Å². The first kappa shape index (κ1) is 20.7. The van der Waals surface area contributed by atoms with E-state index >= 15 is 4.39 Å². The van der Waals surface area contributed by atoms with Gasteiger partial charge in [0.25, 0.3) is 5.91 Å². The van der Waals surface area contributed by atoms with E-state index in [1.807, 2.05) is 32.0 Å². The van der Waals surface area contributed by atoms with E-state index in [9.17, 15) is 9.59 Å². The van der Waals surface area contributed by atoms with Crippen LogP contribution in [-0.4, -0.2) is 17.9 Å². The largest absolute Gasteiger partial charge is 0.273 e. The summed E-state index contributed by atoms with van der Waals surface area (Å²) in [5.74, 6) is -2.41. The van der Waals surface area contributed by atoms with E-state index in [1.54, 1.807) is 36.4 Å². The third-order valence-corrected chi connectivity index (χ3v) is 6.34. The summed E-state index contributed by atoms with van der Waals surface area (Å²) in [6.07, 6.45) is -1.08. The molecular formula is C25H20ClFN2O3. The molecule has 0 radical (unpaired) electrons. The number of hydroxylamine groups is 1. The predicted octanol–water partition coefficient (Wildman–Crippen LogP) is 5.15. The number of carbonyl (C=O) groups is 2. The molecular weight excluding hydrogens is 431 g/mol. The van der Waals surface area contributed by atoms with Gasteiger partial charge in [-0.15, -0.1) is 0 Å². The molecule has 2 fully saturated rings. The number of hydrogen-bond donors (Lipinski definition) is 0. The summed E-state index contributed by atoms with van der Waals surface area (Å²) in [5, 5.41) is 1.61. The number of para-hydroxylation sites is 1. The number of aryl methyl sites for hydroxylation is 2. The minimum absolute atomic E-state index is 0.133. The number of carbonyl (C=O) groups excluding carboxylic acids is 2. The summed E-state index contributed by atoms with van der Waals surface area (Å²) in [5.41, 5.74) is 3.06. The molecule has 32 heavy (non-hydrogen) atoms. The number of hydrogen-bond acceptors (Lipinski definition) is 4. The average Bonchev–Trinajstić information content (AvgIpc) is 3.26. The van der Waals surface area contributed by atoms with Crippen molar-refractivity contribution in [1.82, 2.24) is 0 Å². The standard InChI is InChI=1S/C25H20ClFN2O3/c1-14-11-12-19(15(2)13-14)28-24(30)21-22(20-17(26)9-6-10-18(20)27)29(32-23(21)25(28)31)16-7-4-3-5-8-16/h3-13,21-23H,1-2H3/t21-,22-,23-/m1/s1. The molecule has 0 spiro atoms. The highest BCUT2D eigenvalue weighted by Gasteiger charge is 2.61. The van der Waals surface area contributed by atoms with Crippen molar-refractivity contribution in [1.29, 1.82) is 0 Å². The molecule has 2 amide bonds. The Hall–Kier alpha value is -3.22. The predicted molar refractivity (Wildman–Crippen MR) is 120 cm³/mol. The van der Waals surface area contributed by atoms with Gasteiger partial charge in [-0.2, -0.15) is 0 Å². The van der Waals surface area contributed by atoms with Gasteiger partial charge < -0.3 is 0 Å². The fraction of sp³-hybridized carbons (Fsp3) is 0.200. The highest BCUT2D eigenvalue weighted by atomic mass is 35.5. The molecule has 0 N–H and O–H groups in total. The van der Waals surface area contributed by atoms with Crippen LogP contribution in [0.4, 0.5) is 15.8 Å². The molecule has 0 unspecified atom stereocenters. The van der Waals surface area contributed by atoms with Gasteiger partial charge in [-0.05, 0) is 49.7 Å². The third kappa shape index (κ3) is 3.10. The van der Waals surface area contributed by atoms with Crippen LogP contribution in [-0.2, 0) is 14.4 Å². The molecule has 5 rings (SSSR count). The highest BCUT2D eigenvalue weighted by molar-refractivity contribution is 6.31. The Morgan fingerprint density at radius 2 is 1.69 bits per heavy atom. The van der Waals surface area contributed by atoms with E-state index in [1.165, 1.54) is 17.2 Å². The normalized spacial score (nSPS) is 22.6. The van der Waals surface area contributed by atoms with Crippen molar-refractivity contribution >= 4 is 34.8 Å². The summed E-state index contributed by atoms with van der Waals surface area (Å²) >= 11 is 6.40. The Bertz CT molecular complexity index is 1210. The number of fused-ring (bicyclic) bond motifs is 1. The molecule has 0 aliphatic carbocycles. The van der Waals surface area contributed by atoms with Gasteiger partial charge in [0.15, 0.2) is 6.10 Å².